The van der Waals surface area contributed by atoms with Crippen LogP contribution in [0.4, 0.5) is 5.69 Å². The van der Waals surface area contributed by atoms with Crippen LogP contribution >= 0.6 is 0 Å². The van der Waals surface area contributed by atoms with Crippen molar-refractivity contribution in [2.24, 2.45) is 0 Å². The number of aryl methyl sites for hydroxylation is 1. The van der Waals surface area contributed by atoms with Gasteiger partial charge >= 0.3 is 0 Å². The Labute approximate surface area is 129 Å². The van der Waals surface area contributed by atoms with Gasteiger partial charge in [0, 0.05) is 23.8 Å². The predicted octanol–water partition coefficient (Wildman–Crippen LogP) is 4.14. The van der Waals surface area contributed by atoms with E-state index in [9.17, 15) is 0 Å². The van der Waals surface area contributed by atoms with Gasteiger partial charge in [0.15, 0.2) is 0 Å². The molecule has 0 radical (unpaired) electrons. The monoisotopic (exact) mass is 286 g/mol. The third-order valence-corrected chi connectivity index (χ3v) is 5.27. The third kappa shape index (κ3) is 3.26. The quantitative estimate of drug-likeness (QED) is 0.875. The van der Waals surface area contributed by atoms with E-state index in [-0.39, 0.29) is 0 Å². The number of nitrogens with one attached hydrogen (secondary N) is 1. The maximum atomic E-state index is 3.77. The van der Waals surface area contributed by atoms with Crippen LogP contribution in [-0.4, -0.2) is 24.7 Å². The number of fused-ring (bicyclic) bond motifs is 2. The molecule has 0 aromatic heterocycles. The summed E-state index contributed by atoms with van der Waals surface area (Å²) in [7, 11) is 0. The fourth-order valence-corrected chi connectivity index (χ4v) is 4.26. The van der Waals surface area contributed by atoms with Gasteiger partial charge in [-0.05, 0) is 69.2 Å². The van der Waals surface area contributed by atoms with Crippen LogP contribution in [0.1, 0.15) is 57.9 Å². The molecule has 2 unspecified atom stereocenters. The SMILES string of the molecule is CCCNC1CC2CCCC(C1)N2c1cccc(CC)c1. The fraction of sp³-hybridized carbons (Fsp3) is 0.684. The molecule has 2 nitrogen and oxygen atoms in total. The van der Waals surface area contributed by atoms with Crippen LogP contribution in [0.25, 0.3) is 0 Å². The van der Waals surface area contributed by atoms with Crippen molar-refractivity contribution in [2.75, 3.05) is 11.4 Å². The van der Waals surface area contributed by atoms with Gasteiger partial charge in [-0.1, -0.05) is 26.0 Å². The number of nitrogens with zero attached hydrogens (tertiary/aromatic N) is 1. The minimum Gasteiger partial charge on any atom is -0.365 e. The number of benzene rings is 1. The Balaban J connectivity index is 1.76. The Kier molecular flexibility index (Phi) is 4.84. The van der Waals surface area contributed by atoms with Gasteiger partial charge in [0.05, 0.1) is 0 Å². The van der Waals surface area contributed by atoms with E-state index in [4.69, 9.17) is 0 Å². The van der Waals surface area contributed by atoms with E-state index in [1.165, 1.54) is 56.3 Å². The standard InChI is InChI=1S/C19H30N2/c1-3-11-20-16-13-18-9-6-10-19(14-16)21(18)17-8-5-7-15(4-2)12-17/h5,7-8,12,16,18-20H,3-4,6,9-11,13-14H2,1-2H3. The first-order chi connectivity index (χ1) is 10.3. The summed E-state index contributed by atoms with van der Waals surface area (Å²) in [4.78, 5) is 2.76. The molecule has 2 heterocycles. The second-order valence-corrected chi connectivity index (χ2v) is 6.79. The van der Waals surface area contributed by atoms with Gasteiger partial charge in [-0.25, -0.2) is 0 Å². The molecule has 2 aliphatic rings. The highest BCUT2D eigenvalue weighted by Crippen LogP contribution is 2.38. The molecule has 2 bridgehead atoms. The lowest BCUT2D eigenvalue weighted by molar-refractivity contribution is 0.246. The average molecular weight is 286 g/mol. The van der Waals surface area contributed by atoms with E-state index in [2.05, 4.69) is 48.3 Å². The topological polar surface area (TPSA) is 15.3 Å². The molecule has 1 aromatic rings. The van der Waals surface area contributed by atoms with E-state index in [1.54, 1.807) is 0 Å². The summed E-state index contributed by atoms with van der Waals surface area (Å²) in [5, 5.41) is 3.77. The minimum absolute atomic E-state index is 0.742. The number of hydrogen-bond acceptors (Lipinski definition) is 2. The van der Waals surface area contributed by atoms with Crippen LogP contribution in [0, 0.1) is 0 Å². The molecule has 21 heavy (non-hydrogen) atoms. The van der Waals surface area contributed by atoms with Crippen molar-refractivity contribution in [3.63, 3.8) is 0 Å². The lowest BCUT2D eigenvalue weighted by atomic mass is 9.81. The Morgan fingerprint density at radius 2 is 1.90 bits per heavy atom. The molecule has 1 aromatic carbocycles. The summed E-state index contributed by atoms with van der Waals surface area (Å²) in [6, 6.07) is 11.5. The van der Waals surface area contributed by atoms with Gasteiger partial charge in [-0.15, -0.1) is 0 Å². The molecule has 116 valence electrons. The molecule has 2 atom stereocenters. The minimum atomic E-state index is 0.742. The second kappa shape index (κ2) is 6.83. The van der Waals surface area contributed by atoms with Crippen LogP contribution in [0.5, 0.6) is 0 Å². The van der Waals surface area contributed by atoms with Crippen molar-refractivity contribution in [3.8, 4) is 0 Å². The lowest BCUT2D eigenvalue weighted by Gasteiger charge is -2.50. The summed E-state index contributed by atoms with van der Waals surface area (Å²) >= 11 is 0. The van der Waals surface area contributed by atoms with Gasteiger partial charge in [0.2, 0.25) is 0 Å². The Morgan fingerprint density at radius 1 is 1.14 bits per heavy atom. The number of anilines is 1. The Bertz CT molecular complexity index is 443. The molecule has 0 aliphatic carbocycles. The molecule has 2 fully saturated rings. The van der Waals surface area contributed by atoms with Crippen LogP contribution < -0.4 is 10.2 Å². The largest absolute Gasteiger partial charge is 0.365 e. The summed E-state index contributed by atoms with van der Waals surface area (Å²) in [6.45, 7) is 5.69. The third-order valence-electron chi connectivity index (χ3n) is 5.27. The highest BCUT2D eigenvalue weighted by atomic mass is 15.2. The zero-order valence-electron chi connectivity index (χ0n) is 13.6. The van der Waals surface area contributed by atoms with Gasteiger partial charge in [-0.2, -0.15) is 0 Å². The number of piperidine rings is 2. The molecule has 3 rings (SSSR count). The summed E-state index contributed by atoms with van der Waals surface area (Å²) in [5.41, 5.74) is 2.94. The highest BCUT2D eigenvalue weighted by Gasteiger charge is 2.37. The summed E-state index contributed by atoms with van der Waals surface area (Å²) in [5.74, 6) is 0. The van der Waals surface area contributed by atoms with Gasteiger partial charge in [0.1, 0.15) is 0 Å². The van der Waals surface area contributed by atoms with Crippen LogP contribution in [-0.2, 0) is 6.42 Å². The molecule has 0 amide bonds. The second-order valence-electron chi connectivity index (χ2n) is 6.79. The van der Waals surface area contributed by atoms with E-state index >= 15 is 0 Å². The maximum absolute atomic E-state index is 3.77. The van der Waals surface area contributed by atoms with Gasteiger partial charge in [-0.3, -0.25) is 0 Å². The molecule has 0 saturated carbocycles. The molecule has 2 aliphatic heterocycles. The molecule has 0 spiro atoms. The predicted molar refractivity (Wildman–Crippen MR) is 91.0 cm³/mol. The van der Waals surface area contributed by atoms with Crippen molar-refractivity contribution in [3.05, 3.63) is 29.8 Å². The van der Waals surface area contributed by atoms with E-state index < -0.39 is 0 Å². The zero-order chi connectivity index (χ0) is 14.7. The lowest BCUT2D eigenvalue weighted by Crippen LogP contribution is -2.56. The molecule has 2 saturated heterocycles. The smallest absolute Gasteiger partial charge is 0.0373 e. The van der Waals surface area contributed by atoms with E-state index in [0.29, 0.717) is 0 Å². The Hall–Kier alpha value is -1.02. The van der Waals surface area contributed by atoms with Gasteiger partial charge < -0.3 is 10.2 Å². The number of hydrogen-bond donors (Lipinski definition) is 1. The van der Waals surface area contributed by atoms with Crippen molar-refractivity contribution < 1.29 is 0 Å². The first-order valence-corrected chi connectivity index (χ1v) is 8.92. The van der Waals surface area contributed by atoms with Crippen LogP contribution in [0.2, 0.25) is 0 Å². The van der Waals surface area contributed by atoms with Gasteiger partial charge in [0.25, 0.3) is 0 Å². The Morgan fingerprint density at radius 3 is 2.57 bits per heavy atom. The van der Waals surface area contributed by atoms with Crippen LogP contribution in [0.3, 0.4) is 0 Å². The van der Waals surface area contributed by atoms with Crippen molar-refractivity contribution in [1.29, 1.82) is 0 Å². The zero-order valence-corrected chi connectivity index (χ0v) is 13.6. The average Bonchev–Trinajstić information content (AvgIpc) is 2.52. The first kappa shape index (κ1) is 14.9. The van der Waals surface area contributed by atoms with Crippen molar-refractivity contribution in [2.45, 2.75) is 76.9 Å². The molecular formula is C19H30N2. The summed E-state index contributed by atoms with van der Waals surface area (Å²) in [6.07, 6.45) is 9.19. The molecule has 2 heteroatoms. The molecular weight excluding hydrogens is 256 g/mol. The number of rotatable bonds is 5. The van der Waals surface area contributed by atoms with Crippen LogP contribution in [0.15, 0.2) is 24.3 Å². The summed E-state index contributed by atoms with van der Waals surface area (Å²) < 4.78 is 0. The normalized spacial score (nSPS) is 28.7. The molecule has 1 N–H and O–H groups in total. The van der Waals surface area contributed by atoms with Crippen molar-refractivity contribution >= 4 is 5.69 Å². The van der Waals surface area contributed by atoms with E-state index in [0.717, 1.165) is 24.5 Å². The van der Waals surface area contributed by atoms with E-state index in [1.807, 2.05) is 0 Å². The van der Waals surface area contributed by atoms with Crippen molar-refractivity contribution in [1.82, 2.24) is 5.32 Å². The fourth-order valence-electron chi connectivity index (χ4n) is 4.26. The maximum Gasteiger partial charge on any atom is 0.0373 e. The first-order valence-electron chi connectivity index (χ1n) is 8.92. The highest BCUT2D eigenvalue weighted by molar-refractivity contribution is 5.51.